The first-order chi connectivity index (χ1) is 8.63. The Bertz CT molecular complexity index is 364. The second kappa shape index (κ2) is 6.20. The third-order valence-electron chi connectivity index (χ3n) is 3.17. The molecule has 1 aliphatic heterocycles. The van der Waals surface area contributed by atoms with Gasteiger partial charge in [-0.1, -0.05) is 12.1 Å². The normalized spacial score (nSPS) is 17.7. The topological polar surface area (TPSA) is 56.2 Å². The van der Waals surface area contributed by atoms with Crippen molar-refractivity contribution in [2.75, 3.05) is 33.2 Å². The Balaban J connectivity index is 1.86. The fraction of sp³-hybridized carbons (Fsp3) is 0.500. The van der Waals surface area contributed by atoms with Crippen molar-refractivity contribution in [1.29, 1.82) is 0 Å². The Morgan fingerprint density at radius 2 is 1.72 bits per heavy atom. The first kappa shape index (κ1) is 13.4. The van der Waals surface area contributed by atoms with Crippen LogP contribution in [0.15, 0.2) is 24.3 Å². The summed E-state index contributed by atoms with van der Waals surface area (Å²) >= 11 is 0. The summed E-state index contributed by atoms with van der Waals surface area (Å²) in [5.74, 6) is 0.465. The summed E-state index contributed by atoms with van der Waals surface area (Å²) < 4.78 is 4.76. The van der Waals surface area contributed by atoms with Gasteiger partial charge in [-0.2, -0.15) is 0 Å². The second-order valence-electron chi connectivity index (χ2n) is 4.67. The van der Waals surface area contributed by atoms with E-state index in [0.29, 0.717) is 5.75 Å². The van der Waals surface area contributed by atoms with Crippen molar-refractivity contribution < 1.29 is 14.7 Å². The molecule has 0 atom stereocenters. The summed E-state index contributed by atoms with van der Waals surface area (Å²) in [5.41, 5.74) is 1.21. The molecule has 1 aromatic carbocycles. The van der Waals surface area contributed by atoms with Gasteiger partial charge in [-0.05, 0) is 24.7 Å². The molecule has 2 N–H and O–H groups in total. The zero-order chi connectivity index (χ0) is 13.0. The van der Waals surface area contributed by atoms with Gasteiger partial charge in [0.2, 0.25) is 0 Å². The molecule has 1 saturated heterocycles. The minimum atomic E-state index is -1.76. The van der Waals surface area contributed by atoms with Gasteiger partial charge in [0.05, 0.1) is 0 Å². The van der Waals surface area contributed by atoms with E-state index in [0.717, 1.165) is 32.7 Å². The van der Waals surface area contributed by atoms with E-state index in [2.05, 4.69) is 16.8 Å². The molecule has 0 radical (unpaired) electrons. The monoisotopic (exact) mass is 250 g/mol. The maximum atomic E-state index is 8.68. The lowest BCUT2D eigenvalue weighted by Crippen LogP contribution is -2.43. The summed E-state index contributed by atoms with van der Waals surface area (Å²) in [6.07, 6.45) is 0. The number of hydrogen-bond acceptors (Lipinski definition) is 5. The fourth-order valence-electron chi connectivity index (χ4n) is 2.06. The van der Waals surface area contributed by atoms with E-state index in [9.17, 15) is 0 Å². The largest absolute Gasteiger partial charge is 0.707 e. The average molecular weight is 250 g/mol. The van der Waals surface area contributed by atoms with Crippen LogP contribution in [0.5, 0.6) is 5.75 Å². The molecule has 0 bridgehead atoms. The van der Waals surface area contributed by atoms with Crippen LogP contribution in [0.2, 0.25) is 0 Å². The van der Waals surface area contributed by atoms with E-state index in [1.807, 2.05) is 12.1 Å². The van der Waals surface area contributed by atoms with E-state index in [1.54, 1.807) is 12.1 Å². The molecule has 0 aliphatic carbocycles. The van der Waals surface area contributed by atoms with Crippen LogP contribution >= 0.6 is 0 Å². The van der Waals surface area contributed by atoms with Crippen molar-refractivity contribution in [3.63, 3.8) is 0 Å². The van der Waals surface area contributed by atoms with E-state index >= 15 is 0 Å². The first-order valence-corrected chi connectivity index (χ1v) is 6.16. The molecule has 0 aromatic heterocycles. The number of piperazine rings is 1. The second-order valence-corrected chi connectivity index (χ2v) is 4.67. The molecule has 0 spiro atoms. The highest BCUT2D eigenvalue weighted by atomic mass is 16.6. The van der Waals surface area contributed by atoms with Crippen LogP contribution in [-0.4, -0.2) is 60.4 Å². The highest BCUT2D eigenvalue weighted by Crippen LogP contribution is 2.14. The van der Waals surface area contributed by atoms with Gasteiger partial charge < -0.3 is 19.6 Å². The Labute approximate surface area is 108 Å². The van der Waals surface area contributed by atoms with Gasteiger partial charge in [0.25, 0.3) is 0 Å². The summed E-state index contributed by atoms with van der Waals surface area (Å²) in [5, 5.41) is 17.4. The van der Waals surface area contributed by atoms with Crippen molar-refractivity contribution in [3.8, 4) is 5.75 Å². The average Bonchev–Trinajstić information content (AvgIpc) is 2.34. The molecular weight excluding hydrogens is 231 g/mol. The number of hydrogen-bond donors (Lipinski definition) is 2. The van der Waals surface area contributed by atoms with Crippen LogP contribution in [0.1, 0.15) is 5.56 Å². The molecule has 1 aliphatic rings. The Morgan fingerprint density at radius 1 is 1.11 bits per heavy atom. The molecule has 5 nitrogen and oxygen atoms in total. The lowest BCUT2D eigenvalue weighted by Gasteiger charge is -2.32. The number of benzene rings is 1. The lowest BCUT2D eigenvalue weighted by molar-refractivity contribution is 0.148. The van der Waals surface area contributed by atoms with Crippen molar-refractivity contribution in [1.82, 2.24) is 9.80 Å². The molecule has 6 heteroatoms. The maximum absolute atomic E-state index is 8.68. The van der Waals surface area contributed by atoms with E-state index < -0.39 is 7.32 Å². The van der Waals surface area contributed by atoms with Gasteiger partial charge in [0.15, 0.2) is 0 Å². The quantitative estimate of drug-likeness (QED) is 0.724. The summed E-state index contributed by atoms with van der Waals surface area (Å²) in [4.78, 5) is 4.74. The van der Waals surface area contributed by atoms with Gasteiger partial charge in [-0.3, -0.25) is 4.90 Å². The summed E-state index contributed by atoms with van der Waals surface area (Å²) in [7, 11) is 0.386. The highest BCUT2D eigenvalue weighted by Gasteiger charge is 2.14. The van der Waals surface area contributed by atoms with Gasteiger partial charge in [-0.15, -0.1) is 0 Å². The van der Waals surface area contributed by atoms with Gasteiger partial charge in [0.1, 0.15) is 5.75 Å². The van der Waals surface area contributed by atoms with Crippen molar-refractivity contribution >= 4 is 7.32 Å². The van der Waals surface area contributed by atoms with Crippen molar-refractivity contribution in [3.05, 3.63) is 29.8 Å². The molecule has 1 heterocycles. The Morgan fingerprint density at radius 3 is 2.28 bits per heavy atom. The van der Waals surface area contributed by atoms with Gasteiger partial charge in [0, 0.05) is 32.7 Å². The molecule has 0 amide bonds. The van der Waals surface area contributed by atoms with E-state index in [-0.39, 0.29) is 0 Å². The smallest absolute Gasteiger partial charge is 0.512 e. The van der Waals surface area contributed by atoms with Crippen LogP contribution in [0.25, 0.3) is 0 Å². The minimum Gasteiger partial charge on any atom is -0.512 e. The SMILES string of the molecule is CN1CCN(Cc2ccc(OB(O)O)cc2)CC1. The van der Waals surface area contributed by atoms with Crippen molar-refractivity contribution in [2.24, 2.45) is 0 Å². The van der Waals surface area contributed by atoms with Gasteiger partial charge in [-0.25, -0.2) is 0 Å². The van der Waals surface area contributed by atoms with Crippen LogP contribution in [0.4, 0.5) is 0 Å². The minimum absolute atomic E-state index is 0.465. The summed E-state index contributed by atoms with van der Waals surface area (Å²) in [6.45, 7) is 5.32. The number of likely N-dealkylation sites (N-methyl/N-ethyl adjacent to an activating group) is 1. The third kappa shape index (κ3) is 3.99. The Kier molecular flexibility index (Phi) is 4.60. The highest BCUT2D eigenvalue weighted by molar-refractivity contribution is 6.33. The summed E-state index contributed by atoms with van der Waals surface area (Å²) in [6, 6.07) is 7.42. The molecule has 1 aromatic rings. The predicted octanol–water partition coefficient (Wildman–Crippen LogP) is -0.218. The molecule has 0 saturated carbocycles. The molecule has 98 valence electrons. The van der Waals surface area contributed by atoms with Gasteiger partial charge >= 0.3 is 7.32 Å². The third-order valence-corrected chi connectivity index (χ3v) is 3.17. The van der Waals surface area contributed by atoms with Crippen molar-refractivity contribution in [2.45, 2.75) is 6.54 Å². The van der Waals surface area contributed by atoms with Crippen LogP contribution in [0.3, 0.4) is 0 Å². The molecule has 18 heavy (non-hydrogen) atoms. The van der Waals surface area contributed by atoms with Crippen LogP contribution in [-0.2, 0) is 6.54 Å². The van der Waals surface area contributed by atoms with Crippen LogP contribution in [0, 0.1) is 0 Å². The molecular formula is C12H19BN2O3. The predicted molar refractivity (Wildman–Crippen MR) is 70.0 cm³/mol. The standard InChI is InChI=1S/C12H19BN2O3/c1-14-6-8-15(9-7-14)10-11-2-4-12(5-3-11)18-13(16)17/h2-5,16-17H,6-10H2,1H3. The number of rotatable bonds is 4. The lowest BCUT2D eigenvalue weighted by atomic mass is 10.1. The number of nitrogens with zero attached hydrogens (tertiary/aromatic N) is 2. The first-order valence-electron chi connectivity index (χ1n) is 6.16. The maximum Gasteiger partial charge on any atom is 0.707 e. The zero-order valence-electron chi connectivity index (χ0n) is 10.6. The van der Waals surface area contributed by atoms with E-state index in [1.165, 1.54) is 5.56 Å². The Hall–Kier alpha value is -1.08. The molecule has 2 rings (SSSR count). The molecule has 0 unspecified atom stereocenters. The zero-order valence-corrected chi connectivity index (χ0v) is 10.6. The molecule has 1 fully saturated rings. The van der Waals surface area contributed by atoms with Crippen LogP contribution < -0.4 is 4.65 Å². The van der Waals surface area contributed by atoms with E-state index in [4.69, 9.17) is 14.7 Å². The fourth-order valence-corrected chi connectivity index (χ4v) is 2.06.